The fourth-order valence-electron chi connectivity index (χ4n) is 1.07. The monoisotopic (exact) mass is 304 g/mol. The third-order valence-electron chi connectivity index (χ3n) is 1.70. The first-order valence-corrected chi connectivity index (χ1v) is 5.12. The predicted molar refractivity (Wildman–Crippen MR) is 58.6 cm³/mol. The summed E-state index contributed by atoms with van der Waals surface area (Å²) in [6.07, 6.45) is 2.34. The van der Waals surface area contributed by atoms with Crippen LogP contribution >= 0.6 is 22.6 Å². The van der Waals surface area contributed by atoms with Gasteiger partial charge in [-0.2, -0.15) is 5.26 Å². The Hall–Kier alpha value is -1.03. The third kappa shape index (κ3) is 2.73. The third-order valence-corrected chi connectivity index (χ3v) is 2.66. The molecule has 0 aromatic carbocycles. The highest BCUT2D eigenvalue weighted by Crippen LogP contribution is 2.16. The normalized spacial score (nSPS) is 9.50. The Morgan fingerprint density at radius 2 is 2.50 bits per heavy atom. The summed E-state index contributed by atoms with van der Waals surface area (Å²) >= 11 is 2.14. The van der Waals surface area contributed by atoms with Crippen molar-refractivity contribution in [1.29, 1.82) is 5.26 Å². The van der Waals surface area contributed by atoms with Crippen molar-refractivity contribution in [1.82, 2.24) is 4.98 Å². The van der Waals surface area contributed by atoms with Gasteiger partial charge in [-0.15, -0.1) is 0 Å². The maximum absolute atomic E-state index is 10.5. The number of hydrogen-bond acceptors (Lipinski definition) is 3. The van der Waals surface area contributed by atoms with Crippen LogP contribution in [0.1, 0.15) is 18.2 Å². The van der Waals surface area contributed by atoms with Crippen LogP contribution < -0.4 is 0 Å². The van der Waals surface area contributed by atoms with Crippen molar-refractivity contribution in [3.8, 4) is 6.07 Å². The molecule has 0 radical (unpaired) electrons. The lowest BCUT2D eigenvalue weighted by Crippen LogP contribution is -2.04. The fourth-order valence-corrected chi connectivity index (χ4v) is 1.77. The molecule has 0 saturated carbocycles. The largest absolute Gasteiger partial charge is 0.466 e. The molecule has 0 atom stereocenters. The van der Waals surface area contributed by atoms with E-state index in [4.69, 9.17) is 10.00 Å². The first-order chi connectivity index (χ1) is 6.65. The number of ether oxygens (including phenoxy) is 1. The van der Waals surface area contributed by atoms with E-state index in [2.05, 4.69) is 33.6 Å². The van der Waals surface area contributed by atoms with E-state index in [0.717, 1.165) is 9.13 Å². The van der Waals surface area contributed by atoms with Crippen molar-refractivity contribution in [3.05, 3.63) is 21.0 Å². The van der Waals surface area contributed by atoms with Crippen LogP contribution in [-0.4, -0.2) is 17.6 Å². The Bertz CT molecular complexity index is 379. The van der Waals surface area contributed by atoms with Gasteiger partial charge in [-0.3, -0.25) is 4.79 Å². The number of nitrogens with zero attached hydrogens (tertiary/aromatic N) is 1. The van der Waals surface area contributed by atoms with Crippen LogP contribution in [0.15, 0.2) is 6.20 Å². The van der Waals surface area contributed by atoms with Crippen LogP contribution in [0.2, 0.25) is 0 Å². The van der Waals surface area contributed by atoms with E-state index in [1.54, 1.807) is 6.20 Å². The van der Waals surface area contributed by atoms with Gasteiger partial charge >= 0.3 is 5.97 Å². The molecule has 1 aromatic rings. The number of carbonyl (C=O) groups is 1. The van der Waals surface area contributed by atoms with Crippen molar-refractivity contribution in [3.63, 3.8) is 0 Å². The zero-order valence-corrected chi connectivity index (χ0v) is 9.79. The molecule has 0 fully saturated rings. The molecule has 0 saturated heterocycles. The van der Waals surface area contributed by atoms with Gasteiger partial charge in [0.25, 0.3) is 0 Å². The van der Waals surface area contributed by atoms with Crippen LogP contribution in [0.5, 0.6) is 0 Å². The minimum Gasteiger partial charge on any atom is -0.466 e. The highest BCUT2D eigenvalue weighted by Gasteiger charge is 2.08. The molecule has 0 aliphatic heterocycles. The molecule has 5 heteroatoms. The maximum Gasteiger partial charge on any atom is 0.302 e. The second-order valence-electron chi connectivity index (χ2n) is 2.69. The molecule has 0 aliphatic carbocycles. The van der Waals surface area contributed by atoms with Gasteiger partial charge in [0.1, 0.15) is 11.8 Å². The summed E-state index contributed by atoms with van der Waals surface area (Å²) in [5.41, 5.74) is 1.45. The van der Waals surface area contributed by atoms with Crippen LogP contribution in [0.3, 0.4) is 0 Å². The van der Waals surface area contributed by atoms with E-state index in [1.807, 2.05) is 0 Å². The number of aromatic amines is 1. The number of nitrogens with one attached hydrogen (secondary N) is 1. The summed E-state index contributed by atoms with van der Waals surface area (Å²) < 4.78 is 5.80. The molecule has 74 valence electrons. The number of rotatable bonds is 3. The average Bonchev–Trinajstić information content (AvgIpc) is 2.47. The lowest BCUT2D eigenvalue weighted by molar-refractivity contribution is -0.140. The Morgan fingerprint density at radius 1 is 1.79 bits per heavy atom. The molecule has 1 heterocycles. The molecule has 0 amide bonds. The zero-order chi connectivity index (χ0) is 10.6. The van der Waals surface area contributed by atoms with E-state index in [1.165, 1.54) is 6.92 Å². The SMILES string of the molecule is CC(=O)OCCc1c(I)c[nH]c1C#N. The maximum atomic E-state index is 10.5. The Kier molecular flexibility index (Phi) is 3.95. The Labute approximate surface area is 95.4 Å². The average molecular weight is 304 g/mol. The predicted octanol–water partition coefficient (Wildman–Crippen LogP) is 1.60. The second kappa shape index (κ2) is 5.00. The van der Waals surface area contributed by atoms with Crippen LogP contribution in [0.4, 0.5) is 0 Å². The zero-order valence-electron chi connectivity index (χ0n) is 7.63. The fraction of sp³-hybridized carbons (Fsp3) is 0.333. The summed E-state index contributed by atoms with van der Waals surface area (Å²) in [4.78, 5) is 13.4. The number of nitriles is 1. The number of carbonyl (C=O) groups excluding carboxylic acids is 1. The molecule has 14 heavy (non-hydrogen) atoms. The smallest absolute Gasteiger partial charge is 0.302 e. The molecule has 1 rings (SSSR count). The van der Waals surface area contributed by atoms with Gasteiger partial charge in [0.05, 0.1) is 6.61 Å². The van der Waals surface area contributed by atoms with Gasteiger partial charge in [-0.25, -0.2) is 0 Å². The number of hydrogen-bond donors (Lipinski definition) is 1. The minimum absolute atomic E-state index is 0.297. The van der Waals surface area contributed by atoms with E-state index in [-0.39, 0.29) is 5.97 Å². The Morgan fingerprint density at radius 3 is 3.07 bits per heavy atom. The first kappa shape index (κ1) is 11.0. The molecular weight excluding hydrogens is 295 g/mol. The summed E-state index contributed by atoms with van der Waals surface area (Å²) in [7, 11) is 0. The number of esters is 1. The van der Waals surface area contributed by atoms with E-state index < -0.39 is 0 Å². The van der Waals surface area contributed by atoms with Gasteiger partial charge < -0.3 is 9.72 Å². The molecule has 0 unspecified atom stereocenters. The second-order valence-corrected chi connectivity index (χ2v) is 3.85. The summed E-state index contributed by atoms with van der Waals surface area (Å²) in [6.45, 7) is 1.69. The number of H-pyrrole nitrogens is 1. The highest BCUT2D eigenvalue weighted by atomic mass is 127. The molecule has 0 spiro atoms. The summed E-state index contributed by atoms with van der Waals surface area (Å²) in [6, 6.07) is 2.05. The molecular formula is C9H9IN2O2. The summed E-state index contributed by atoms with van der Waals surface area (Å²) in [5, 5.41) is 8.75. The molecule has 1 N–H and O–H groups in total. The van der Waals surface area contributed by atoms with Gasteiger partial charge in [0.2, 0.25) is 0 Å². The van der Waals surface area contributed by atoms with Crippen molar-refractivity contribution in [2.75, 3.05) is 6.61 Å². The lowest BCUT2D eigenvalue weighted by atomic mass is 10.2. The van der Waals surface area contributed by atoms with Gasteiger partial charge in [0, 0.05) is 28.7 Å². The van der Waals surface area contributed by atoms with E-state index in [0.29, 0.717) is 18.7 Å². The van der Waals surface area contributed by atoms with Crippen molar-refractivity contribution < 1.29 is 9.53 Å². The lowest BCUT2D eigenvalue weighted by Gasteiger charge is -2.01. The van der Waals surface area contributed by atoms with Gasteiger partial charge in [0.15, 0.2) is 0 Å². The van der Waals surface area contributed by atoms with Gasteiger partial charge in [-0.05, 0) is 22.6 Å². The van der Waals surface area contributed by atoms with Crippen LogP contribution in [0, 0.1) is 14.9 Å². The minimum atomic E-state index is -0.297. The molecule has 0 bridgehead atoms. The standard InChI is InChI=1S/C9H9IN2O2/c1-6(13)14-3-2-7-8(10)5-12-9(7)4-11/h5,12H,2-3H2,1H3. The molecule has 1 aromatic heterocycles. The Balaban J connectivity index is 2.62. The van der Waals surface area contributed by atoms with E-state index in [9.17, 15) is 4.79 Å². The van der Waals surface area contributed by atoms with Crippen molar-refractivity contribution in [2.45, 2.75) is 13.3 Å². The number of halogens is 1. The molecule has 4 nitrogen and oxygen atoms in total. The summed E-state index contributed by atoms with van der Waals surface area (Å²) in [5.74, 6) is -0.297. The topological polar surface area (TPSA) is 65.9 Å². The van der Waals surface area contributed by atoms with Crippen LogP contribution in [-0.2, 0) is 16.0 Å². The van der Waals surface area contributed by atoms with E-state index >= 15 is 0 Å². The van der Waals surface area contributed by atoms with Crippen molar-refractivity contribution >= 4 is 28.6 Å². The quantitative estimate of drug-likeness (QED) is 0.681. The first-order valence-electron chi connectivity index (χ1n) is 4.04. The van der Waals surface area contributed by atoms with Gasteiger partial charge in [-0.1, -0.05) is 0 Å². The molecule has 0 aliphatic rings. The van der Waals surface area contributed by atoms with Crippen LogP contribution in [0.25, 0.3) is 0 Å². The number of aromatic nitrogens is 1. The highest BCUT2D eigenvalue weighted by molar-refractivity contribution is 14.1. The van der Waals surface area contributed by atoms with Crippen molar-refractivity contribution in [2.24, 2.45) is 0 Å².